The van der Waals surface area contributed by atoms with Crippen molar-refractivity contribution in [1.29, 1.82) is 0 Å². The summed E-state index contributed by atoms with van der Waals surface area (Å²) in [6.07, 6.45) is 1.03. The molecule has 0 bridgehead atoms. The van der Waals surface area contributed by atoms with Crippen LogP contribution < -0.4 is 5.32 Å². The van der Waals surface area contributed by atoms with E-state index < -0.39 is 0 Å². The van der Waals surface area contributed by atoms with Gasteiger partial charge in [-0.2, -0.15) is 0 Å². The van der Waals surface area contributed by atoms with Gasteiger partial charge in [0.15, 0.2) is 0 Å². The molecule has 0 saturated carbocycles. The van der Waals surface area contributed by atoms with Gasteiger partial charge < -0.3 is 10.2 Å². The summed E-state index contributed by atoms with van der Waals surface area (Å²) in [5, 5.41) is 4.77. The van der Waals surface area contributed by atoms with Crippen molar-refractivity contribution in [2.75, 3.05) is 26.7 Å². The van der Waals surface area contributed by atoms with Gasteiger partial charge in [0, 0.05) is 6.04 Å². The molecular formula is C14H22Cl2N2. The van der Waals surface area contributed by atoms with Crippen LogP contribution >= 0.6 is 23.2 Å². The molecule has 0 aromatic heterocycles. The molecule has 1 N–H and O–H groups in total. The van der Waals surface area contributed by atoms with E-state index in [-0.39, 0.29) is 6.04 Å². The molecule has 0 aliphatic rings. The largest absolute Gasteiger partial charge is 0.310 e. The lowest BCUT2D eigenvalue weighted by molar-refractivity contribution is 0.322. The second-order valence-electron chi connectivity index (χ2n) is 4.44. The predicted molar refractivity (Wildman–Crippen MR) is 80.7 cm³/mol. The first-order valence-electron chi connectivity index (χ1n) is 6.46. The van der Waals surface area contributed by atoms with E-state index in [2.05, 4.69) is 31.1 Å². The van der Waals surface area contributed by atoms with Crippen molar-refractivity contribution < 1.29 is 0 Å². The lowest BCUT2D eigenvalue weighted by atomic mass is 10.0. The minimum absolute atomic E-state index is 0.259. The second kappa shape index (κ2) is 8.00. The molecule has 102 valence electrons. The van der Waals surface area contributed by atoms with Gasteiger partial charge in [-0.05, 0) is 44.7 Å². The molecule has 2 nitrogen and oxygen atoms in total. The summed E-state index contributed by atoms with van der Waals surface area (Å²) in [6, 6.07) is 6.09. The van der Waals surface area contributed by atoms with E-state index >= 15 is 0 Å². The zero-order chi connectivity index (χ0) is 13.5. The maximum atomic E-state index is 6.29. The Hall–Kier alpha value is -0.280. The van der Waals surface area contributed by atoms with Crippen LogP contribution in [0.3, 0.4) is 0 Å². The predicted octanol–water partition coefficient (Wildman–Crippen LogP) is 3.99. The van der Waals surface area contributed by atoms with Crippen molar-refractivity contribution in [1.82, 2.24) is 10.2 Å². The molecule has 0 heterocycles. The van der Waals surface area contributed by atoms with Gasteiger partial charge in [0.2, 0.25) is 0 Å². The number of nitrogens with one attached hydrogen (secondary N) is 1. The van der Waals surface area contributed by atoms with E-state index in [4.69, 9.17) is 23.2 Å². The fourth-order valence-corrected chi connectivity index (χ4v) is 2.35. The first-order chi connectivity index (χ1) is 8.60. The fraction of sp³-hybridized carbons (Fsp3) is 0.571. The smallest absolute Gasteiger partial charge is 0.0640 e. The van der Waals surface area contributed by atoms with Crippen LogP contribution in [-0.4, -0.2) is 31.6 Å². The van der Waals surface area contributed by atoms with E-state index in [1.165, 1.54) is 0 Å². The zero-order valence-corrected chi connectivity index (χ0v) is 12.9. The SMILES string of the molecule is CCNC(CCN(C)CC)c1cccc(Cl)c1Cl. The van der Waals surface area contributed by atoms with Gasteiger partial charge in [-0.3, -0.25) is 0 Å². The average Bonchev–Trinajstić information content (AvgIpc) is 2.37. The molecule has 0 spiro atoms. The van der Waals surface area contributed by atoms with Gasteiger partial charge in [0.1, 0.15) is 0 Å². The molecule has 18 heavy (non-hydrogen) atoms. The van der Waals surface area contributed by atoms with Crippen LogP contribution in [0.4, 0.5) is 0 Å². The summed E-state index contributed by atoms with van der Waals surface area (Å²) in [7, 11) is 2.13. The molecule has 0 radical (unpaired) electrons. The number of benzene rings is 1. The van der Waals surface area contributed by atoms with Crippen LogP contribution in [0.25, 0.3) is 0 Å². The summed E-state index contributed by atoms with van der Waals surface area (Å²) in [6.45, 7) is 7.28. The number of halogens is 2. The monoisotopic (exact) mass is 288 g/mol. The standard InChI is InChI=1S/C14H22Cl2N2/c1-4-17-13(9-10-18(3)5-2)11-7-6-8-12(15)14(11)16/h6-8,13,17H,4-5,9-10H2,1-3H3. The van der Waals surface area contributed by atoms with Crippen molar-refractivity contribution in [2.45, 2.75) is 26.3 Å². The summed E-state index contributed by atoms with van der Waals surface area (Å²) in [5.41, 5.74) is 1.09. The average molecular weight is 289 g/mol. The van der Waals surface area contributed by atoms with Gasteiger partial charge in [-0.15, -0.1) is 0 Å². The summed E-state index contributed by atoms with van der Waals surface area (Å²) in [5.74, 6) is 0. The molecule has 0 aliphatic carbocycles. The summed E-state index contributed by atoms with van der Waals surface area (Å²) in [4.78, 5) is 2.29. The quantitative estimate of drug-likeness (QED) is 0.816. The Balaban J connectivity index is 2.80. The highest BCUT2D eigenvalue weighted by Crippen LogP contribution is 2.31. The van der Waals surface area contributed by atoms with Gasteiger partial charge in [0.05, 0.1) is 10.0 Å². The lowest BCUT2D eigenvalue weighted by Gasteiger charge is -2.23. The van der Waals surface area contributed by atoms with Gasteiger partial charge >= 0.3 is 0 Å². The Morgan fingerprint density at radius 1 is 1.28 bits per heavy atom. The van der Waals surface area contributed by atoms with Crippen molar-refractivity contribution in [2.24, 2.45) is 0 Å². The highest BCUT2D eigenvalue weighted by Gasteiger charge is 2.15. The number of rotatable bonds is 7. The molecule has 1 aromatic rings. The Kier molecular flexibility index (Phi) is 7.02. The first-order valence-corrected chi connectivity index (χ1v) is 7.21. The van der Waals surface area contributed by atoms with Crippen LogP contribution in [0.15, 0.2) is 18.2 Å². The third kappa shape index (κ3) is 4.43. The molecule has 1 aromatic carbocycles. The maximum Gasteiger partial charge on any atom is 0.0640 e. The highest BCUT2D eigenvalue weighted by molar-refractivity contribution is 6.42. The van der Waals surface area contributed by atoms with E-state index in [0.29, 0.717) is 10.0 Å². The normalized spacial score (nSPS) is 13.0. The summed E-state index contributed by atoms with van der Waals surface area (Å²) < 4.78 is 0. The van der Waals surface area contributed by atoms with Crippen molar-refractivity contribution in [3.63, 3.8) is 0 Å². The number of hydrogen-bond acceptors (Lipinski definition) is 2. The molecule has 0 aliphatic heterocycles. The summed E-state index contributed by atoms with van der Waals surface area (Å²) >= 11 is 12.4. The molecule has 0 fully saturated rings. The minimum atomic E-state index is 0.259. The maximum absolute atomic E-state index is 6.29. The van der Waals surface area contributed by atoms with Crippen LogP contribution in [0.5, 0.6) is 0 Å². The van der Waals surface area contributed by atoms with Crippen LogP contribution in [0.2, 0.25) is 10.0 Å². The van der Waals surface area contributed by atoms with Crippen molar-refractivity contribution in [3.05, 3.63) is 33.8 Å². The second-order valence-corrected chi connectivity index (χ2v) is 5.22. The van der Waals surface area contributed by atoms with Crippen molar-refractivity contribution >= 4 is 23.2 Å². The Labute approximate surface area is 120 Å². The Morgan fingerprint density at radius 3 is 2.61 bits per heavy atom. The number of nitrogens with zero attached hydrogens (tertiary/aromatic N) is 1. The highest BCUT2D eigenvalue weighted by atomic mass is 35.5. The first kappa shape index (κ1) is 15.8. The van der Waals surface area contributed by atoms with Crippen LogP contribution in [-0.2, 0) is 0 Å². The molecule has 1 rings (SSSR count). The Bertz CT molecular complexity index is 369. The van der Waals surface area contributed by atoms with Crippen LogP contribution in [0.1, 0.15) is 31.9 Å². The topological polar surface area (TPSA) is 15.3 Å². The number of hydrogen-bond donors (Lipinski definition) is 1. The zero-order valence-electron chi connectivity index (χ0n) is 11.3. The van der Waals surface area contributed by atoms with Crippen LogP contribution in [0, 0.1) is 0 Å². The third-order valence-electron chi connectivity index (χ3n) is 3.15. The van der Waals surface area contributed by atoms with Crippen molar-refractivity contribution in [3.8, 4) is 0 Å². The molecule has 0 saturated heterocycles. The minimum Gasteiger partial charge on any atom is -0.310 e. The van der Waals surface area contributed by atoms with E-state index in [1.807, 2.05) is 18.2 Å². The third-order valence-corrected chi connectivity index (χ3v) is 3.98. The Morgan fingerprint density at radius 2 is 2.00 bits per heavy atom. The molecule has 1 unspecified atom stereocenters. The van der Waals surface area contributed by atoms with E-state index in [9.17, 15) is 0 Å². The molecule has 4 heteroatoms. The molecular weight excluding hydrogens is 267 g/mol. The van der Waals surface area contributed by atoms with Gasteiger partial charge in [0.25, 0.3) is 0 Å². The van der Waals surface area contributed by atoms with E-state index in [0.717, 1.165) is 31.6 Å². The van der Waals surface area contributed by atoms with E-state index in [1.54, 1.807) is 0 Å². The van der Waals surface area contributed by atoms with Gasteiger partial charge in [-0.25, -0.2) is 0 Å². The molecule has 1 atom stereocenters. The van der Waals surface area contributed by atoms with Gasteiger partial charge in [-0.1, -0.05) is 49.2 Å². The lowest BCUT2D eigenvalue weighted by Crippen LogP contribution is -2.27. The molecule has 0 amide bonds. The fourth-order valence-electron chi connectivity index (χ4n) is 1.91.